The summed E-state index contributed by atoms with van der Waals surface area (Å²) in [6, 6.07) is 7.44. The minimum absolute atomic E-state index is 0.0134. The number of nitrogens with one attached hydrogen (secondary N) is 3. The number of rotatable bonds is 7. The molecule has 0 radical (unpaired) electrons. The van der Waals surface area contributed by atoms with Gasteiger partial charge in [-0.15, -0.1) is 0 Å². The number of para-hydroxylation sites is 2. The summed E-state index contributed by atoms with van der Waals surface area (Å²) < 4.78 is 0. The van der Waals surface area contributed by atoms with E-state index in [4.69, 9.17) is 0 Å². The lowest BCUT2D eigenvalue weighted by Crippen LogP contribution is -2.53. The van der Waals surface area contributed by atoms with Crippen molar-refractivity contribution in [2.24, 2.45) is 0 Å². The van der Waals surface area contributed by atoms with Gasteiger partial charge in [0, 0.05) is 0 Å². The summed E-state index contributed by atoms with van der Waals surface area (Å²) in [7, 11) is 0. The molecule has 3 rings (SSSR count). The summed E-state index contributed by atoms with van der Waals surface area (Å²) >= 11 is 1.74. The fourth-order valence-electron chi connectivity index (χ4n) is 3.46. The van der Waals surface area contributed by atoms with E-state index in [1.807, 2.05) is 24.3 Å². The van der Waals surface area contributed by atoms with Crippen molar-refractivity contribution in [1.29, 1.82) is 0 Å². The fourth-order valence-corrected chi connectivity index (χ4v) is 3.93. The minimum Gasteiger partial charge on any atom is -0.394 e. The second-order valence-corrected chi connectivity index (χ2v) is 7.70. The highest BCUT2D eigenvalue weighted by Gasteiger charge is 2.35. The molecule has 1 aromatic carbocycles. The Morgan fingerprint density at radius 3 is 2.84 bits per heavy atom. The molecule has 0 unspecified atom stereocenters. The molecule has 1 aliphatic rings. The topological polar surface area (TPSA) is 90.0 Å². The number of urea groups is 1. The van der Waals surface area contributed by atoms with Crippen LogP contribution in [-0.2, 0) is 0 Å². The largest absolute Gasteiger partial charge is 0.394 e. The molecular formula is C18H26N4O2S. The first kappa shape index (κ1) is 18.1. The highest BCUT2D eigenvalue weighted by atomic mass is 32.2. The Hall–Kier alpha value is -1.73. The smallest absolute Gasteiger partial charge is 0.315 e. The number of carbonyl (C=O) groups excluding carboxylic acids is 1. The van der Waals surface area contributed by atoms with Crippen molar-refractivity contribution in [3.05, 3.63) is 30.1 Å². The van der Waals surface area contributed by atoms with Crippen molar-refractivity contribution in [2.75, 3.05) is 18.6 Å². The number of aliphatic hydroxyl groups is 1. The van der Waals surface area contributed by atoms with Crippen LogP contribution in [0.25, 0.3) is 11.0 Å². The van der Waals surface area contributed by atoms with Crippen LogP contribution in [0.2, 0.25) is 0 Å². The Morgan fingerprint density at radius 2 is 2.16 bits per heavy atom. The van der Waals surface area contributed by atoms with Crippen LogP contribution in [0.3, 0.4) is 0 Å². The summed E-state index contributed by atoms with van der Waals surface area (Å²) in [5, 5.41) is 15.7. The Labute approximate surface area is 152 Å². The van der Waals surface area contributed by atoms with E-state index in [0.717, 1.165) is 54.7 Å². The monoisotopic (exact) mass is 362 g/mol. The first-order chi connectivity index (χ1) is 12.2. The van der Waals surface area contributed by atoms with Crippen LogP contribution in [0.4, 0.5) is 4.79 Å². The molecular weight excluding hydrogens is 336 g/mol. The van der Waals surface area contributed by atoms with E-state index in [1.165, 1.54) is 0 Å². The van der Waals surface area contributed by atoms with Crippen LogP contribution in [-0.4, -0.2) is 45.3 Å². The Balaban J connectivity index is 1.72. The van der Waals surface area contributed by atoms with Gasteiger partial charge in [-0.05, 0) is 43.4 Å². The molecule has 7 heteroatoms. The zero-order valence-electron chi connectivity index (χ0n) is 14.5. The number of hydrogen-bond acceptors (Lipinski definition) is 4. The molecule has 0 aliphatic heterocycles. The molecule has 1 saturated carbocycles. The standard InChI is InChI=1S/C18H26N4O2S/c1-25-11-8-15(16-19-13-6-2-3-7-14(13)20-16)21-17(24)22-18(12-23)9-4-5-10-18/h2-3,6-7,15,23H,4-5,8-12H2,1H3,(H,19,20)(H2,21,22,24)/t15-/m1/s1. The minimum atomic E-state index is -0.470. The SMILES string of the molecule is CSCC[C@@H](NC(=O)NC1(CO)CCCC1)c1nc2ccccc2[nH]1. The van der Waals surface area contributed by atoms with Crippen molar-refractivity contribution in [3.8, 4) is 0 Å². The number of amides is 2. The molecule has 2 amide bonds. The second kappa shape index (κ2) is 8.10. The van der Waals surface area contributed by atoms with E-state index in [-0.39, 0.29) is 18.7 Å². The normalized spacial score (nSPS) is 17.5. The third-order valence-corrected chi connectivity index (χ3v) is 5.54. The number of H-pyrrole nitrogens is 1. The van der Waals surface area contributed by atoms with Gasteiger partial charge in [0.1, 0.15) is 5.82 Å². The van der Waals surface area contributed by atoms with Gasteiger partial charge in [-0.25, -0.2) is 9.78 Å². The molecule has 6 nitrogen and oxygen atoms in total. The van der Waals surface area contributed by atoms with Gasteiger partial charge in [-0.3, -0.25) is 0 Å². The van der Waals surface area contributed by atoms with Crippen molar-refractivity contribution in [2.45, 2.75) is 43.7 Å². The molecule has 2 aromatic rings. The highest BCUT2D eigenvalue weighted by Crippen LogP contribution is 2.29. The molecule has 1 fully saturated rings. The predicted molar refractivity (Wildman–Crippen MR) is 102 cm³/mol. The van der Waals surface area contributed by atoms with Crippen LogP contribution in [0.15, 0.2) is 24.3 Å². The van der Waals surface area contributed by atoms with Crippen LogP contribution >= 0.6 is 11.8 Å². The first-order valence-electron chi connectivity index (χ1n) is 8.79. The average Bonchev–Trinajstić information content (AvgIpc) is 3.25. The maximum Gasteiger partial charge on any atom is 0.315 e. The molecule has 0 saturated heterocycles. The molecule has 1 heterocycles. The number of aliphatic hydroxyl groups excluding tert-OH is 1. The van der Waals surface area contributed by atoms with Crippen LogP contribution in [0.5, 0.6) is 0 Å². The highest BCUT2D eigenvalue weighted by molar-refractivity contribution is 7.98. The van der Waals surface area contributed by atoms with E-state index in [0.29, 0.717) is 0 Å². The van der Waals surface area contributed by atoms with Gasteiger partial charge in [0.15, 0.2) is 0 Å². The Bertz CT molecular complexity index is 679. The summed E-state index contributed by atoms with van der Waals surface area (Å²) in [5.41, 5.74) is 1.40. The van der Waals surface area contributed by atoms with E-state index < -0.39 is 5.54 Å². The second-order valence-electron chi connectivity index (χ2n) is 6.72. The molecule has 0 spiro atoms. The predicted octanol–water partition coefficient (Wildman–Crippen LogP) is 2.96. The van der Waals surface area contributed by atoms with Crippen LogP contribution in [0, 0.1) is 0 Å². The van der Waals surface area contributed by atoms with Crippen molar-refractivity contribution in [1.82, 2.24) is 20.6 Å². The fraction of sp³-hybridized carbons (Fsp3) is 0.556. The van der Waals surface area contributed by atoms with E-state index in [9.17, 15) is 9.90 Å². The molecule has 4 N–H and O–H groups in total. The zero-order valence-corrected chi connectivity index (χ0v) is 15.4. The van der Waals surface area contributed by atoms with E-state index >= 15 is 0 Å². The van der Waals surface area contributed by atoms with Crippen molar-refractivity contribution < 1.29 is 9.90 Å². The molecule has 1 atom stereocenters. The van der Waals surface area contributed by atoms with Gasteiger partial charge in [0.2, 0.25) is 0 Å². The number of thioether (sulfide) groups is 1. The maximum absolute atomic E-state index is 12.5. The van der Waals surface area contributed by atoms with Gasteiger partial charge in [-0.1, -0.05) is 25.0 Å². The lowest BCUT2D eigenvalue weighted by molar-refractivity contribution is 0.161. The first-order valence-corrected chi connectivity index (χ1v) is 10.2. The number of aromatic nitrogens is 2. The number of fused-ring (bicyclic) bond motifs is 1. The Morgan fingerprint density at radius 1 is 1.40 bits per heavy atom. The third kappa shape index (κ3) is 4.27. The summed E-state index contributed by atoms with van der Waals surface area (Å²) in [6.07, 6.45) is 6.59. The van der Waals surface area contributed by atoms with Gasteiger partial charge < -0.3 is 20.7 Å². The number of carbonyl (C=O) groups is 1. The summed E-state index contributed by atoms with van der Waals surface area (Å²) in [5.74, 6) is 1.70. The van der Waals surface area contributed by atoms with Gasteiger partial charge in [-0.2, -0.15) is 11.8 Å². The molecule has 136 valence electrons. The van der Waals surface area contributed by atoms with Crippen molar-refractivity contribution >= 4 is 28.8 Å². The third-order valence-electron chi connectivity index (χ3n) is 4.90. The molecule has 1 aliphatic carbocycles. The zero-order chi connectivity index (χ0) is 17.7. The van der Waals surface area contributed by atoms with Gasteiger partial charge >= 0.3 is 6.03 Å². The number of nitrogens with zero attached hydrogens (tertiary/aromatic N) is 1. The van der Waals surface area contributed by atoms with E-state index in [2.05, 4.69) is 26.9 Å². The van der Waals surface area contributed by atoms with Crippen LogP contribution in [0.1, 0.15) is 44.0 Å². The van der Waals surface area contributed by atoms with Crippen molar-refractivity contribution in [3.63, 3.8) is 0 Å². The van der Waals surface area contributed by atoms with Crippen LogP contribution < -0.4 is 10.6 Å². The number of benzene rings is 1. The van der Waals surface area contributed by atoms with Gasteiger partial charge in [0.05, 0.1) is 29.2 Å². The van der Waals surface area contributed by atoms with Gasteiger partial charge in [0.25, 0.3) is 0 Å². The lowest BCUT2D eigenvalue weighted by Gasteiger charge is -2.29. The number of imidazole rings is 1. The Kier molecular flexibility index (Phi) is 5.86. The lowest BCUT2D eigenvalue weighted by atomic mass is 9.99. The quantitative estimate of drug-likeness (QED) is 0.609. The molecule has 25 heavy (non-hydrogen) atoms. The maximum atomic E-state index is 12.5. The number of hydrogen-bond donors (Lipinski definition) is 4. The van der Waals surface area contributed by atoms with E-state index in [1.54, 1.807) is 11.8 Å². The summed E-state index contributed by atoms with van der Waals surface area (Å²) in [4.78, 5) is 20.5. The number of aromatic amines is 1. The molecule has 0 bridgehead atoms. The summed E-state index contributed by atoms with van der Waals surface area (Å²) in [6.45, 7) is -0.0134. The molecule has 1 aromatic heterocycles. The average molecular weight is 362 g/mol.